The third-order valence-electron chi connectivity index (χ3n) is 6.52. The lowest BCUT2D eigenvalue weighted by atomic mass is 9.75. The van der Waals surface area contributed by atoms with Gasteiger partial charge in [0, 0.05) is 23.5 Å². The molecular formula is C29H30N2O6. The predicted molar refractivity (Wildman–Crippen MR) is 143 cm³/mol. The SMILES string of the molecule is COc1ccc(NC(=O)C2(C(C)=Cc3ccccc3)CC(=O)N2c2ccc(OC)c(OC)c2)cc1OC. The van der Waals surface area contributed by atoms with Gasteiger partial charge in [0.25, 0.3) is 5.91 Å². The number of methoxy groups -OCH3 is 4. The van der Waals surface area contributed by atoms with Crippen molar-refractivity contribution >= 4 is 29.3 Å². The second-order valence-corrected chi connectivity index (χ2v) is 8.57. The summed E-state index contributed by atoms with van der Waals surface area (Å²) in [4.78, 5) is 28.7. The third-order valence-corrected chi connectivity index (χ3v) is 6.52. The number of hydrogen-bond acceptors (Lipinski definition) is 6. The molecule has 3 aromatic carbocycles. The standard InChI is InChI=1S/C29H30N2O6/c1-19(15-20-9-7-6-8-10-20)29(28(33)30-21-11-13-23(34-2)25(16-21)36-4)18-27(32)31(29)22-12-14-24(35-3)26(17-22)37-5/h6-17H,18H2,1-5H3,(H,30,33). The number of amides is 2. The Hall–Kier alpha value is -4.46. The van der Waals surface area contributed by atoms with E-state index in [2.05, 4.69) is 5.32 Å². The van der Waals surface area contributed by atoms with Crippen molar-refractivity contribution in [2.75, 3.05) is 38.7 Å². The van der Waals surface area contributed by atoms with E-state index in [-0.39, 0.29) is 18.2 Å². The Morgan fingerprint density at radius 1 is 0.838 bits per heavy atom. The molecule has 37 heavy (non-hydrogen) atoms. The Kier molecular flexibility index (Phi) is 7.38. The van der Waals surface area contributed by atoms with Gasteiger partial charge in [-0.3, -0.25) is 14.5 Å². The molecule has 8 heteroatoms. The number of anilines is 2. The van der Waals surface area contributed by atoms with E-state index in [1.807, 2.05) is 43.3 Å². The molecule has 1 heterocycles. The van der Waals surface area contributed by atoms with Crippen LogP contribution in [0.25, 0.3) is 6.08 Å². The second kappa shape index (κ2) is 10.7. The smallest absolute Gasteiger partial charge is 0.255 e. The lowest BCUT2D eigenvalue weighted by Gasteiger charge is -2.51. The Labute approximate surface area is 216 Å². The van der Waals surface area contributed by atoms with Crippen LogP contribution in [0.1, 0.15) is 18.9 Å². The van der Waals surface area contributed by atoms with Crippen LogP contribution in [0.3, 0.4) is 0 Å². The number of carbonyl (C=O) groups is 2. The fourth-order valence-corrected chi connectivity index (χ4v) is 4.57. The maximum Gasteiger partial charge on any atom is 0.255 e. The van der Waals surface area contributed by atoms with Crippen LogP contribution >= 0.6 is 0 Å². The van der Waals surface area contributed by atoms with Crippen molar-refractivity contribution in [3.05, 3.63) is 77.9 Å². The van der Waals surface area contributed by atoms with E-state index in [0.29, 0.717) is 39.9 Å². The number of nitrogens with zero attached hydrogens (tertiary/aromatic N) is 1. The van der Waals surface area contributed by atoms with Crippen molar-refractivity contribution in [3.63, 3.8) is 0 Å². The molecule has 3 aromatic rings. The average Bonchev–Trinajstić information content (AvgIpc) is 2.91. The molecule has 192 valence electrons. The van der Waals surface area contributed by atoms with Crippen LogP contribution in [0.4, 0.5) is 11.4 Å². The number of rotatable bonds is 9. The summed E-state index contributed by atoms with van der Waals surface area (Å²) in [5, 5.41) is 2.98. The Balaban J connectivity index is 1.80. The highest BCUT2D eigenvalue weighted by Crippen LogP contribution is 2.46. The highest BCUT2D eigenvalue weighted by atomic mass is 16.5. The molecule has 4 rings (SSSR count). The molecule has 8 nitrogen and oxygen atoms in total. The van der Waals surface area contributed by atoms with E-state index in [9.17, 15) is 9.59 Å². The maximum atomic E-state index is 14.0. The highest BCUT2D eigenvalue weighted by molar-refractivity contribution is 6.19. The van der Waals surface area contributed by atoms with Gasteiger partial charge >= 0.3 is 0 Å². The molecule has 1 unspecified atom stereocenters. The van der Waals surface area contributed by atoms with Crippen LogP contribution in [0.5, 0.6) is 23.0 Å². The van der Waals surface area contributed by atoms with Gasteiger partial charge in [0.1, 0.15) is 0 Å². The van der Waals surface area contributed by atoms with Gasteiger partial charge in [-0.2, -0.15) is 0 Å². The van der Waals surface area contributed by atoms with E-state index in [4.69, 9.17) is 18.9 Å². The van der Waals surface area contributed by atoms with E-state index in [0.717, 1.165) is 5.56 Å². The largest absolute Gasteiger partial charge is 0.493 e. The monoisotopic (exact) mass is 502 g/mol. The Morgan fingerprint density at radius 3 is 2.03 bits per heavy atom. The summed E-state index contributed by atoms with van der Waals surface area (Å²) in [6.07, 6.45) is 1.93. The molecule has 1 aliphatic heterocycles. The third kappa shape index (κ3) is 4.70. The van der Waals surface area contributed by atoms with Gasteiger partial charge in [0.15, 0.2) is 28.5 Å². The van der Waals surface area contributed by atoms with Crippen LogP contribution < -0.4 is 29.2 Å². The normalized spacial score (nSPS) is 17.1. The first-order valence-corrected chi connectivity index (χ1v) is 11.7. The zero-order chi connectivity index (χ0) is 26.6. The molecule has 0 radical (unpaired) electrons. The summed E-state index contributed by atoms with van der Waals surface area (Å²) in [5.74, 6) is 1.47. The van der Waals surface area contributed by atoms with Crippen molar-refractivity contribution in [3.8, 4) is 23.0 Å². The molecule has 0 spiro atoms. The molecule has 1 atom stereocenters. The van der Waals surface area contributed by atoms with Gasteiger partial charge in [-0.25, -0.2) is 0 Å². The second-order valence-electron chi connectivity index (χ2n) is 8.57. The van der Waals surface area contributed by atoms with Crippen LogP contribution in [-0.2, 0) is 9.59 Å². The van der Waals surface area contributed by atoms with Gasteiger partial charge < -0.3 is 24.3 Å². The predicted octanol–water partition coefficient (Wildman–Crippen LogP) is 4.94. The van der Waals surface area contributed by atoms with Gasteiger partial charge in [0.2, 0.25) is 5.91 Å². The number of nitrogens with one attached hydrogen (secondary N) is 1. The number of β-lactam (4-membered cyclic amide) rings is 1. The van der Waals surface area contributed by atoms with Gasteiger partial charge in [-0.1, -0.05) is 36.4 Å². The van der Waals surface area contributed by atoms with Crippen molar-refractivity contribution in [2.45, 2.75) is 18.9 Å². The molecule has 0 bridgehead atoms. The lowest BCUT2D eigenvalue weighted by Crippen LogP contribution is -2.70. The molecular weight excluding hydrogens is 472 g/mol. The van der Waals surface area contributed by atoms with E-state index >= 15 is 0 Å². The highest BCUT2D eigenvalue weighted by Gasteiger charge is 2.58. The summed E-state index contributed by atoms with van der Waals surface area (Å²) >= 11 is 0. The Bertz CT molecular complexity index is 1340. The first kappa shape index (κ1) is 25.6. The van der Waals surface area contributed by atoms with Crippen molar-refractivity contribution in [2.24, 2.45) is 0 Å². The zero-order valence-corrected chi connectivity index (χ0v) is 21.5. The summed E-state index contributed by atoms with van der Waals surface area (Å²) < 4.78 is 21.5. The molecule has 1 fully saturated rings. The first-order valence-electron chi connectivity index (χ1n) is 11.7. The van der Waals surface area contributed by atoms with Crippen LogP contribution in [0.15, 0.2) is 72.3 Å². The topological polar surface area (TPSA) is 86.3 Å². The summed E-state index contributed by atoms with van der Waals surface area (Å²) in [5.41, 5.74) is 1.41. The Morgan fingerprint density at radius 2 is 1.43 bits per heavy atom. The molecule has 0 aromatic heterocycles. The summed E-state index contributed by atoms with van der Waals surface area (Å²) in [6.45, 7) is 1.86. The number of carbonyl (C=O) groups excluding carboxylic acids is 2. The van der Waals surface area contributed by atoms with E-state index in [1.165, 1.54) is 19.1 Å². The number of hydrogen-bond donors (Lipinski definition) is 1. The van der Waals surface area contributed by atoms with E-state index < -0.39 is 5.54 Å². The average molecular weight is 503 g/mol. The van der Waals surface area contributed by atoms with Gasteiger partial charge in [-0.15, -0.1) is 0 Å². The van der Waals surface area contributed by atoms with Crippen molar-refractivity contribution in [1.29, 1.82) is 0 Å². The molecule has 0 saturated carbocycles. The summed E-state index contributed by atoms with van der Waals surface area (Å²) in [7, 11) is 6.14. The molecule has 1 N–H and O–H groups in total. The lowest BCUT2D eigenvalue weighted by molar-refractivity contribution is -0.135. The maximum absolute atomic E-state index is 14.0. The molecule has 1 aliphatic rings. The number of ether oxygens (including phenoxy) is 4. The van der Waals surface area contributed by atoms with Crippen molar-refractivity contribution in [1.82, 2.24) is 0 Å². The van der Waals surface area contributed by atoms with Crippen LogP contribution in [0.2, 0.25) is 0 Å². The molecule has 2 amide bonds. The van der Waals surface area contributed by atoms with Crippen molar-refractivity contribution < 1.29 is 28.5 Å². The fourth-order valence-electron chi connectivity index (χ4n) is 4.57. The zero-order valence-electron chi connectivity index (χ0n) is 21.5. The minimum Gasteiger partial charge on any atom is -0.493 e. The van der Waals surface area contributed by atoms with Crippen LogP contribution in [0, 0.1) is 0 Å². The minimum absolute atomic E-state index is 0.00956. The van der Waals surface area contributed by atoms with E-state index in [1.54, 1.807) is 50.6 Å². The quantitative estimate of drug-likeness (QED) is 0.417. The van der Waals surface area contributed by atoms with Gasteiger partial charge in [0.05, 0.1) is 34.9 Å². The van der Waals surface area contributed by atoms with Gasteiger partial charge in [-0.05, 0) is 42.3 Å². The molecule has 1 saturated heterocycles. The fraction of sp³-hybridized carbons (Fsp3) is 0.241. The van der Waals surface area contributed by atoms with Crippen LogP contribution in [-0.4, -0.2) is 45.8 Å². The number of benzene rings is 3. The summed E-state index contributed by atoms with van der Waals surface area (Å²) in [6, 6.07) is 20.0. The minimum atomic E-state index is -1.26. The first-order chi connectivity index (χ1) is 17.9. The molecule has 0 aliphatic carbocycles.